The van der Waals surface area contributed by atoms with Crippen LogP contribution in [-0.2, 0) is 11.2 Å². The molecule has 0 fully saturated rings. The van der Waals surface area contributed by atoms with Crippen LogP contribution < -0.4 is 10.1 Å². The maximum atomic E-state index is 11.7. The smallest absolute Gasteiger partial charge is 0.257 e. The lowest BCUT2D eigenvalue weighted by molar-refractivity contribution is -0.123. The van der Waals surface area contributed by atoms with Gasteiger partial charge in [-0.1, -0.05) is 36.4 Å². The Bertz CT molecular complexity index is 593. The van der Waals surface area contributed by atoms with E-state index >= 15 is 0 Å². The fourth-order valence-electron chi connectivity index (χ4n) is 1.99. The summed E-state index contributed by atoms with van der Waals surface area (Å²) in [5.41, 5.74) is 3.60. The fourth-order valence-corrected chi connectivity index (χ4v) is 1.99. The van der Waals surface area contributed by atoms with E-state index in [0.717, 1.165) is 17.7 Å². The average molecular weight is 283 g/mol. The molecule has 1 amide bonds. The van der Waals surface area contributed by atoms with E-state index in [2.05, 4.69) is 24.4 Å². The number of hydrogen-bond donors (Lipinski definition) is 1. The summed E-state index contributed by atoms with van der Waals surface area (Å²) in [6.45, 7) is 4.76. The number of carbonyl (C=O) groups excluding carboxylic acids is 1. The first-order valence-electron chi connectivity index (χ1n) is 7.16. The van der Waals surface area contributed by atoms with Gasteiger partial charge in [0.25, 0.3) is 5.91 Å². The standard InChI is InChI=1S/C18H21NO2/c1-14-8-9-17(12-15(14)2)21-13-18(20)19-11-10-16-6-4-3-5-7-16/h3-9,12H,10-11,13H2,1-2H3,(H,19,20). The van der Waals surface area contributed by atoms with Crippen LogP contribution in [-0.4, -0.2) is 19.1 Å². The molecule has 21 heavy (non-hydrogen) atoms. The third kappa shape index (κ3) is 4.95. The zero-order chi connectivity index (χ0) is 15.1. The highest BCUT2D eigenvalue weighted by molar-refractivity contribution is 5.77. The van der Waals surface area contributed by atoms with Crippen LogP contribution in [0.25, 0.3) is 0 Å². The van der Waals surface area contributed by atoms with E-state index in [-0.39, 0.29) is 12.5 Å². The normalized spacial score (nSPS) is 10.2. The van der Waals surface area contributed by atoms with Gasteiger partial charge in [-0.15, -0.1) is 0 Å². The van der Waals surface area contributed by atoms with Gasteiger partial charge in [0.05, 0.1) is 0 Å². The molecule has 3 heteroatoms. The number of carbonyl (C=O) groups is 1. The number of rotatable bonds is 6. The summed E-state index contributed by atoms with van der Waals surface area (Å²) in [6.07, 6.45) is 0.830. The van der Waals surface area contributed by atoms with Gasteiger partial charge in [0.15, 0.2) is 6.61 Å². The third-order valence-electron chi connectivity index (χ3n) is 3.43. The van der Waals surface area contributed by atoms with Gasteiger partial charge in [-0.05, 0) is 49.1 Å². The lowest BCUT2D eigenvalue weighted by Gasteiger charge is -2.09. The van der Waals surface area contributed by atoms with Crippen LogP contribution in [0.5, 0.6) is 5.75 Å². The van der Waals surface area contributed by atoms with Crippen LogP contribution in [0.15, 0.2) is 48.5 Å². The van der Waals surface area contributed by atoms with Crippen molar-refractivity contribution < 1.29 is 9.53 Å². The number of benzene rings is 2. The summed E-state index contributed by atoms with van der Waals surface area (Å²) in [7, 11) is 0. The Morgan fingerprint density at radius 1 is 1.05 bits per heavy atom. The zero-order valence-corrected chi connectivity index (χ0v) is 12.6. The van der Waals surface area contributed by atoms with E-state index in [1.54, 1.807) is 0 Å². The summed E-state index contributed by atoms with van der Waals surface area (Å²) in [5.74, 6) is 0.639. The summed E-state index contributed by atoms with van der Waals surface area (Å²) >= 11 is 0. The molecule has 2 rings (SSSR count). The predicted octanol–water partition coefficient (Wildman–Crippen LogP) is 3.04. The molecule has 0 bridgehead atoms. The minimum absolute atomic E-state index is 0.0529. The van der Waals surface area contributed by atoms with Gasteiger partial charge in [-0.3, -0.25) is 4.79 Å². The molecular weight excluding hydrogens is 262 g/mol. The summed E-state index contributed by atoms with van der Waals surface area (Å²) in [5, 5.41) is 2.86. The first-order chi connectivity index (χ1) is 10.1. The minimum atomic E-state index is -0.0934. The number of amides is 1. The second kappa shape index (κ2) is 7.48. The Morgan fingerprint density at radius 2 is 1.81 bits per heavy atom. The molecule has 0 radical (unpaired) electrons. The molecule has 0 saturated heterocycles. The summed E-state index contributed by atoms with van der Waals surface area (Å²) in [6, 6.07) is 15.9. The van der Waals surface area contributed by atoms with Crippen LogP contribution in [0.1, 0.15) is 16.7 Å². The lowest BCUT2D eigenvalue weighted by atomic mass is 10.1. The number of ether oxygens (including phenoxy) is 1. The minimum Gasteiger partial charge on any atom is -0.484 e. The molecular formula is C18H21NO2. The molecule has 0 saturated carbocycles. The van der Waals surface area contributed by atoms with Crippen molar-refractivity contribution in [2.45, 2.75) is 20.3 Å². The predicted molar refractivity (Wildman–Crippen MR) is 84.6 cm³/mol. The maximum Gasteiger partial charge on any atom is 0.257 e. The highest BCUT2D eigenvalue weighted by Crippen LogP contribution is 2.16. The molecule has 0 aliphatic carbocycles. The van der Waals surface area contributed by atoms with Crippen molar-refractivity contribution >= 4 is 5.91 Å². The van der Waals surface area contributed by atoms with Crippen molar-refractivity contribution in [2.24, 2.45) is 0 Å². The molecule has 0 unspecified atom stereocenters. The molecule has 0 heterocycles. The molecule has 0 spiro atoms. The lowest BCUT2D eigenvalue weighted by Crippen LogP contribution is -2.30. The van der Waals surface area contributed by atoms with Gasteiger partial charge < -0.3 is 10.1 Å². The Hall–Kier alpha value is -2.29. The van der Waals surface area contributed by atoms with Crippen LogP contribution in [0, 0.1) is 13.8 Å². The second-order valence-corrected chi connectivity index (χ2v) is 5.12. The molecule has 0 aliphatic heterocycles. The van der Waals surface area contributed by atoms with E-state index in [1.807, 2.05) is 43.3 Å². The third-order valence-corrected chi connectivity index (χ3v) is 3.43. The first kappa shape index (κ1) is 15.1. The van der Waals surface area contributed by atoms with Gasteiger partial charge >= 0.3 is 0 Å². The van der Waals surface area contributed by atoms with Crippen LogP contribution in [0.4, 0.5) is 0 Å². The SMILES string of the molecule is Cc1ccc(OCC(=O)NCCc2ccccc2)cc1C. The molecule has 0 atom stereocenters. The van der Waals surface area contributed by atoms with Crippen molar-refractivity contribution in [3.05, 3.63) is 65.2 Å². The van der Waals surface area contributed by atoms with Gasteiger partial charge in [0.2, 0.25) is 0 Å². The van der Waals surface area contributed by atoms with Crippen LogP contribution in [0.3, 0.4) is 0 Å². The van der Waals surface area contributed by atoms with Crippen molar-refractivity contribution in [3.8, 4) is 5.75 Å². The first-order valence-corrected chi connectivity index (χ1v) is 7.16. The fraction of sp³-hybridized carbons (Fsp3) is 0.278. The number of aryl methyl sites for hydroxylation is 2. The quantitative estimate of drug-likeness (QED) is 0.885. The summed E-state index contributed by atoms with van der Waals surface area (Å²) in [4.78, 5) is 11.7. The highest BCUT2D eigenvalue weighted by atomic mass is 16.5. The van der Waals surface area contributed by atoms with E-state index in [0.29, 0.717) is 6.54 Å². The monoisotopic (exact) mass is 283 g/mol. The Balaban J connectivity index is 1.71. The van der Waals surface area contributed by atoms with Crippen molar-refractivity contribution in [1.29, 1.82) is 0 Å². The molecule has 3 nitrogen and oxygen atoms in total. The van der Waals surface area contributed by atoms with E-state index in [4.69, 9.17) is 4.74 Å². The highest BCUT2D eigenvalue weighted by Gasteiger charge is 2.03. The van der Waals surface area contributed by atoms with Gasteiger partial charge in [-0.25, -0.2) is 0 Å². The molecule has 2 aromatic carbocycles. The van der Waals surface area contributed by atoms with Gasteiger partial charge in [-0.2, -0.15) is 0 Å². The van der Waals surface area contributed by atoms with Gasteiger partial charge in [0, 0.05) is 6.54 Å². The molecule has 2 aromatic rings. The van der Waals surface area contributed by atoms with Crippen molar-refractivity contribution in [3.63, 3.8) is 0 Å². The number of nitrogens with one attached hydrogen (secondary N) is 1. The molecule has 0 aromatic heterocycles. The zero-order valence-electron chi connectivity index (χ0n) is 12.6. The Morgan fingerprint density at radius 3 is 2.52 bits per heavy atom. The van der Waals surface area contributed by atoms with E-state index < -0.39 is 0 Å². The Labute approximate surface area is 126 Å². The largest absolute Gasteiger partial charge is 0.484 e. The van der Waals surface area contributed by atoms with Gasteiger partial charge in [0.1, 0.15) is 5.75 Å². The van der Waals surface area contributed by atoms with E-state index in [9.17, 15) is 4.79 Å². The second-order valence-electron chi connectivity index (χ2n) is 5.12. The molecule has 1 N–H and O–H groups in total. The average Bonchev–Trinajstić information content (AvgIpc) is 2.49. The Kier molecular flexibility index (Phi) is 5.38. The van der Waals surface area contributed by atoms with Crippen LogP contribution >= 0.6 is 0 Å². The number of hydrogen-bond acceptors (Lipinski definition) is 2. The van der Waals surface area contributed by atoms with Crippen molar-refractivity contribution in [1.82, 2.24) is 5.32 Å². The topological polar surface area (TPSA) is 38.3 Å². The van der Waals surface area contributed by atoms with Crippen molar-refractivity contribution in [2.75, 3.05) is 13.2 Å². The molecule has 110 valence electrons. The van der Waals surface area contributed by atoms with E-state index in [1.165, 1.54) is 11.1 Å². The summed E-state index contributed by atoms with van der Waals surface area (Å²) < 4.78 is 5.49. The molecule has 0 aliphatic rings. The van der Waals surface area contributed by atoms with Crippen LogP contribution in [0.2, 0.25) is 0 Å². The maximum absolute atomic E-state index is 11.7.